The Labute approximate surface area is 197 Å². The average Bonchev–Trinajstić information content (AvgIpc) is 3.11. The van der Waals surface area contributed by atoms with Gasteiger partial charge in [0.25, 0.3) is 0 Å². The molecule has 0 aromatic heterocycles. The maximum absolute atomic E-state index is 13.9. The van der Waals surface area contributed by atoms with Crippen LogP contribution in [0.4, 0.5) is 5.69 Å². The third kappa shape index (κ3) is 3.83. The number of rotatable bonds is 5. The molecule has 7 heteroatoms. The van der Waals surface area contributed by atoms with E-state index >= 15 is 0 Å². The molecule has 3 aliphatic rings. The van der Waals surface area contributed by atoms with Gasteiger partial charge in [-0.3, -0.25) is 9.59 Å². The molecule has 2 saturated carbocycles. The van der Waals surface area contributed by atoms with Crippen molar-refractivity contribution in [2.45, 2.75) is 65.6 Å². The number of fused-ring (bicyclic) bond motifs is 2. The highest BCUT2D eigenvalue weighted by Gasteiger charge is 2.68. The van der Waals surface area contributed by atoms with Crippen LogP contribution in [-0.2, 0) is 9.59 Å². The third-order valence-electron chi connectivity index (χ3n) is 9.31. The van der Waals surface area contributed by atoms with E-state index in [2.05, 4.69) is 56.1 Å². The molecule has 7 nitrogen and oxygen atoms in total. The topological polar surface area (TPSA) is 98.9 Å². The zero-order valence-electron chi connectivity index (χ0n) is 20.7. The third-order valence-corrected chi connectivity index (χ3v) is 9.31. The van der Waals surface area contributed by atoms with E-state index < -0.39 is 12.1 Å². The molecule has 2 bridgehead atoms. The first-order chi connectivity index (χ1) is 15.5. The number of benzene rings is 1. The number of para-hydroxylation sites is 1. The summed E-state index contributed by atoms with van der Waals surface area (Å²) in [4.78, 5) is 31.1. The number of amides is 2. The van der Waals surface area contributed by atoms with Gasteiger partial charge in [0.1, 0.15) is 6.04 Å². The normalized spacial score (nSPS) is 32.5. The first-order valence-electron chi connectivity index (χ1n) is 12.3. The van der Waals surface area contributed by atoms with Crippen LogP contribution in [0.25, 0.3) is 0 Å². The van der Waals surface area contributed by atoms with Crippen molar-refractivity contribution in [3.05, 3.63) is 29.8 Å². The Balaban J connectivity index is 1.52. The van der Waals surface area contributed by atoms with Gasteiger partial charge in [-0.2, -0.15) is 0 Å². The van der Waals surface area contributed by atoms with Gasteiger partial charge in [0.05, 0.1) is 12.0 Å². The van der Waals surface area contributed by atoms with Crippen LogP contribution >= 0.6 is 0 Å². The number of carbonyl (C=O) groups excluding carboxylic acids is 2. The number of nitrogens with one attached hydrogen (secondary N) is 1. The lowest BCUT2D eigenvalue weighted by molar-refractivity contribution is -0.140. The quantitative estimate of drug-likeness (QED) is 0.629. The minimum Gasteiger partial charge on any atom is -0.391 e. The fourth-order valence-electron chi connectivity index (χ4n) is 6.70. The fourth-order valence-corrected chi connectivity index (χ4v) is 6.70. The summed E-state index contributed by atoms with van der Waals surface area (Å²) in [5.74, 6) is -0.259. The van der Waals surface area contributed by atoms with Crippen molar-refractivity contribution in [1.29, 1.82) is 0 Å². The van der Waals surface area contributed by atoms with E-state index in [0.717, 1.165) is 25.9 Å². The zero-order valence-corrected chi connectivity index (χ0v) is 20.7. The highest BCUT2D eigenvalue weighted by Crippen LogP contribution is 2.67. The van der Waals surface area contributed by atoms with Crippen LogP contribution in [0.15, 0.2) is 24.3 Å². The maximum Gasteiger partial charge on any atom is 0.239 e. The molecule has 1 saturated heterocycles. The molecular formula is C26H40N4O3. The van der Waals surface area contributed by atoms with Crippen molar-refractivity contribution in [1.82, 2.24) is 10.2 Å². The zero-order chi connectivity index (χ0) is 24.1. The molecule has 182 valence electrons. The summed E-state index contributed by atoms with van der Waals surface area (Å²) in [6.07, 6.45) is 1.04. The lowest BCUT2D eigenvalue weighted by atomic mass is 9.69. The first-order valence-corrected chi connectivity index (χ1v) is 12.3. The molecular weight excluding hydrogens is 416 g/mol. The molecule has 33 heavy (non-hydrogen) atoms. The van der Waals surface area contributed by atoms with Gasteiger partial charge in [-0.15, -0.1) is 0 Å². The highest BCUT2D eigenvalue weighted by atomic mass is 16.3. The van der Waals surface area contributed by atoms with Gasteiger partial charge < -0.3 is 26.0 Å². The number of nitrogens with two attached hydrogens (primary N) is 1. The van der Waals surface area contributed by atoms with E-state index in [1.54, 1.807) is 0 Å². The first kappa shape index (κ1) is 24.0. The molecule has 1 aromatic carbocycles. The second-order valence-corrected chi connectivity index (χ2v) is 11.2. The number of aliphatic hydroxyl groups excluding tert-OH is 1. The fraction of sp³-hybridized carbons (Fsp3) is 0.692. The molecule has 0 radical (unpaired) electrons. The minimum absolute atomic E-state index is 0.0663. The largest absolute Gasteiger partial charge is 0.391 e. The van der Waals surface area contributed by atoms with Crippen molar-refractivity contribution < 1.29 is 14.7 Å². The number of hydrogen-bond acceptors (Lipinski definition) is 5. The van der Waals surface area contributed by atoms with Gasteiger partial charge in [0.15, 0.2) is 0 Å². The lowest BCUT2D eigenvalue weighted by Gasteiger charge is -2.43. The van der Waals surface area contributed by atoms with Crippen LogP contribution in [0.2, 0.25) is 0 Å². The Morgan fingerprint density at radius 1 is 1.15 bits per heavy atom. The van der Waals surface area contributed by atoms with Crippen LogP contribution in [0.3, 0.4) is 0 Å². The van der Waals surface area contributed by atoms with E-state index in [-0.39, 0.29) is 40.5 Å². The van der Waals surface area contributed by atoms with Crippen molar-refractivity contribution in [3.63, 3.8) is 0 Å². The predicted octanol–water partition coefficient (Wildman–Crippen LogP) is 1.91. The number of hydrogen-bond donors (Lipinski definition) is 3. The SMILES string of the molecule is Cc1ccccc1N1CCN(C(=O)C2C3CCC(C)(C2NC(=O)C(N)C(C)O)C3(C)C)CC1. The Hall–Kier alpha value is -2.12. The monoisotopic (exact) mass is 456 g/mol. The smallest absolute Gasteiger partial charge is 0.239 e. The maximum atomic E-state index is 13.9. The summed E-state index contributed by atoms with van der Waals surface area (Å²) < 4.78 is 0. The summed E-state index contributed by atoms with van der Waals surface area (Å²) in [5, 5.41) is 12.9. The molecule has 3 fully saturated rings. The Kier molecular flexibility index (Phi) is 6.25. The second-order valence-electron chi connectivity index (χ2n) is 11.2. The molecule has 1 heterocycles. The van der Waals surface area contributed by atoms with E-state index in [1.165, 1.54) is 18.2 Å². The standard InChI is InChI=1S/C26H40N4O3/c1-16-8-6-7-9-19(16)29-12-14-30(15-13-29)24(33)20-18-10-11-26(5,25(18,3)4)22(20)28-23(32)21(27)17(2)31/h6-9,17-18,20-22,31H,10-15,27H2,1-5H3,(H,28,32). The second kappa shape index (κ2) is 8.58. The van der Waals surface area contributed by atoms with Crippen molar-refractivity contribution in [2.75, 3.05) is 31.1 Å². The highest BCUT2D eigenvalue weighted by molar-refractivity contribution is 5.86. The predicted molar refractivity (Wildman–Crippen MR) is 130 cm³/mol. The molecule has 6 unspecified atom stereocenters. The number of nitrogens with zero attached hydrogens (tertiary/aromatic N) is 2. The molecule has 0 spiro atoms. The molecule has 1 aliphatic heterocycles. The van der Waals surface area contributed by atoms with Gasteiger partial charge in [-0.05, 0) is 55.1 Å². The summed E-state index contributed by atoms with van der Waals surface area (Å²) >= 11 is 0. The number of piperazine rings is 1. The Morgan fingerprint density at radius 2 is 1.79 bits per heavy atom. The summed E-state index contributed by atoms with van der Waals surface area (Å²) in [6, 6.07) is 7.10. The number of carbonyl (C=O) groups is 2. The number of anilines is 1. The van der Waals surface area contributed by atoms with Crippen LogP contribution in [0.5, 0.6) is 0 Å². The summed E-state index contributed by atoms with van der Waals surface area (Å²) in [7, 11) is 0. The number of aryl methyl sites for hydroxylation is 1. The van der Waals surface area contributed by atoms with Crippen molar-refractivity contribution in [2.24, 2.45) is 28.4 Å². The van der Waals surface area contributed by atoms with Crippen LogP contribution in [0, 0.1) is 29.6 Å². The van der Waals surface area contributed by atoms with Crippen molar-refractivity contribution in [3.8, 4) is 0 Å². The average molecular weight is 457 g/mol. The number of aliphatic hydroxyl groups is 1. The van der Waals surface area contributed by atoms with Crippen molar-refractivity contribution >= 4 is 17.5 Å². The van der Waals surface area contributed by atoms with E-state index in [4.69, 9.17) is 5.73 Å². The van der Waals surface area contributed by atoms with Crippen LogP contribution < -0.4 is 16.0 Å². The van der Waals surface area contributed by atoms with Gasteiger partial charge >= 0.3 is 0 Å². The Morgan fingerprint density at radius 3 is 2.39 bits per heavy atom. The minimum atomic E-state index is -0.996. The van der Waals surface area contributed by atoms with Crippen LogP contribution in [0.1, 0.15) is 46.1 Å². The Bertz CT molecular complexity index is 909. The van der Waals surface area contributed by atoms with Gasteiger partial charge in [-0.1, -0.05) is 39.0 Å². The molecule has 1 aromatic rings. The van der Waals surface area contributed by atoms with E-state index in [1.807, 2.05) is 11.0 Å². The van der Waals surface area contributed by atoms with E-state index in [0.29, 0.717) is 13.1 Å². The summed E-state index contributed by atoms with van der Waals surface area (Å²) in [5.41, 5.74) is 8.16. The van der Waals surface area contributed by atoms with Gasteiger partial charge in [0, 0.05) is 37.9 Å². The lowest BCUT2D eigenvalue weighted by Crippen LogP contribution is -2.59. The van der Waals surface area contributed by atoms with E-state index in [9.17, 15) is 14.7 Å². The van der Waals surface area contributed by atoms with Crippen LogP contribution in [-0.4, -0.2) is 66.2 Å². The molecule has 4 rings (SSSR count). The molecule has 6 atom stereocenters. The van der Waals surface area contributed by atoms with Gasteiger partial charge in [-0.25, -0.2) is 0 Å². The molecule has 4 N–H and O–H groups in total. The molecule has 2 aliphatic carbocycles. The summed E-state index contributed by atoms with van der Waals surface area (Å²) in [6.45, 7) is 13.3. The van der Waals surface area contributed by atoms with Gasteiger partial charge in [0.2, 0.25) is 11.8 Å². The molecule has 2 amide bonds.